The molecular formula is C28H32F2N2O5S2. The normalized spacial score (nSPS) is 13.8. The van der Waals surface area contributed by atoms with Gasteiger partial charge in [-0.25, -0.2) is 17.2 Å². The Balaban J connectivity index is 2.29. The second-order valence-corrected chi connectivity index (χ2v) is 14.7. The topological polar surface area (TPSA) is 108 Å². The molecule has 3 rings (SSSR count). The lowest BCUT2D eigenvalue weighted by Gasteiger charge is -2.27. The van der Waals surface area contributed by atoms with Gasteiger partial charge in [-0.3, -0.25) is 9.59 Å². The first-order valence-corrected chi connectivity index (χ1v) is 15.2. The lowest BCUT2D eigenvalue weighted by molar-refractivity contribution is 0.103. The van der Waals surface area contributed by atoms with Gasteiger partial charge in [-0.05, 0) is 62.6 Å². The molecule has 0 saturated heterocycles. The van der Waals surface area contributed by atoms with Crippen LogP contribution in [0.15, 0.2) is 53.5 Å². The fourth-order valence-corrected chi connectivity index (χ4v) is 5.60. The number of nitrogens with zero attached hydrogens (tertiary/aromatic N) is 1. The first-order valence-electron chi connectivity index (χ1n) is 12.3. The number of carbonyl (C=O) groups excluding carboxylic acids is 1. The summed E-state index contributed by atoms with van der Waals surface area (Å²) >= 11 is -1.50. The maximum absolute atomic E-state index is 14.6. The predicted molar refractivity (Wildman–Crippen MR) is 150 cm³/mol. The maximum atomic E-state index is 14.6. The summed E-state index contributed by atoms with van der Waals surface area (Å²) in [4.78, 5) is 26.2. The summed E-state index contributed by atoms with van der Waals surface area (Å²) in [6, 6.07) is 7.77. The molecule has 0 aliphatic rings. The van der Waals surface area contributed by atoms with E-state index in [2.05, 4.69) is 4.72 Å². The molecule has 0 aliphatic heterocycles. The molecule has 210 valence electrons. The standard InChI is InChI=1S/C28H32F2N2O5S2/c1-7-39(36,37)16-18-8-10-20(27(34)21-11-9-19(29)13-25(21)30)23(12-18)24-15-32(6)26(33)14-22(24)17(2)31-38(35)28(3,4)5/h8-15,17,31H,7,16H2,1-6H3/t17-,38-/m0/s1. The molecule has 39 heavy (non-hydrogen) atoms. The number of aryl methyl sites for hydroxylation is 1. The molecule has 11 heteroatoms. The largest absolute Gasteiger partial charge is 0.598 e. The van der Waals surface area contributed by atoms with Gasteiger partial charge in [0.15, 0.2) is 15.6 Å². The van der Waals surface area contributed by atoms with E-state index >= 15 is 0 Å². The van der Waals surface area contributed by atoms with Crippen LogP contribution in [0.5, 0.6) is 0 Å². The number of halogens is 2. The van der Waals surface area contributed by atoms with E-state index in [0.717, 1.165) is 12.1 Å². The Morgan fingerprint density at radius 1 is 1.08 bits per heavy atom. The number of hydrogen-bond acceptors (Lipinski definition) is 6. The van der Waals surface area contributed by atoms with E-state index in [-0.39, 0.29) is 33.8 Å². The Morgan fingerprint density at radius 3 is 2.31 bits per heavy atom. The first-order chi connectivity index (χ1) is 18.0. The Morgan fingerprint density at radius 2 is 1.72 bits per heavy atom. The minimum atomic E-state index is -3.44. The van der Waals surface area contributed by atoms with Crippen LogP contribution in [0.25, 0.3) is 11.1 Å². The van der Waals surface area contributed by atoms with Crippen molar-refractivity contribution in [2.75, 3.05) is 5.75 Å². The summed E-state index contributed by atoms with van der Waals surface area (Å²) < 4.78 is 69.4. The van der Waals surface area contributed by atoms with Gasteiger partial charge in [0.25, 0.3) is 5.56 Å². The highest BCUT2D eigenvalue weighted by atomic mass is 32.2. The number of nitrogens with one attached hydrogen (secondary N) is 1. The highest BCUT2D eigenvalue weighted by Crippen LogP contribution is 2.34. The van der Waals surface area contributed by atoms with Gasteiger partial charge >= 0.3 is 0 Å². The van der Waals surface area contributed by atoms with Crippen LogP contribution < -0.4 is 10.3 Å². The smallest absolute Gasteiger partial charge is 0.250 e. The summed E-state index contributed by atoms with van der Waals surface area (Å²) in [7, 11) is -1.91. The van der Waals surface area contributed by atoms with Gasteiger partial charge < -0.3 is 9.12 Å². The second-order valence-electron chi connectivity index (χ2n) is 10.3. The summed E-state index contributed by atoms with van der Waals surface area (Å²) in [6.07, 6.45) is 1.50. The van der Waals surface area contributed by atoms with Crippen molar-refractivity contribution in [1.82, 2.24) is 9.29 Å². The van der Waals surface area contributed by atoms with Crippen LogP contribution in [-0.2, 0) is 34.0 Å². The molecule has 2 atom stereocenters. The van der Waals surface area contributed by atoms with Gasteiger partial charge in [0.2, 0.25) is 0 Å². The van der Waals surface area contributed by atoms with Gasteiger partial charge in [-0.1, -0.05) is 19.1 Å². The fraction of sp³-hybridized carbons (Fsp3) is 0.357. The Bertz CT molecular complexity index is 1560. The van der Waals surface area contributed by atoms with Crippen LogP contribution in [0.2, 0.25) is 0 Å². The third-order valence-electron chi connectivity index (χ3n) is 6.19. The number of ketones is 1. The van der Waals surface area contributed by atoms with Crippen molar-refractivity contribution in [3.8, 4) is 11.1 Å². The molecule has 7 nitrogen and oxygen atoms in total. The van der Waals surface area contributed by atoms with Crippen molar-refractivity contribution >= 4 is 27.0 Å². The Kier molecular flexibility index (Phi) is 9.21. The third kappa shape index (κ3) is 7.21. The first kappa shape index (κ1) is 30.7. The number of rotatable bonds is 9. The predicted octanol–water partition coefficient (Wildman–Crippen LogP) is 4.61. The van der Waals surface area contributed by atoms with E-state index in [1.165, 1.54) is 49.0 Å². The average molecular weight is 579 g/mol. The summed E-state index contributed by atoms with van der Waals surface area (Å²) in [6.45, 7) is 8.62. The van der Waals surface area contributed by atoms with Crippen LogP contribution in [-0.4, -0.2) is 33.8 Å². The zero-order valence-corrected chi connectivity index (χ0v) is 24.3. The third-order valence-corrected chi connectivity index (χ3v) is 9.52. The minimum Gasteiger partial charge on any atom is -0.598 e. The van der Waals surface area contributed by atoms with E-state index in [1.807, 2.05) is 0 Å². The Hall–Kier alpha value is -2.86. The van der Waals surface area contributed by atoms with E-state index in [9.17, 15) is 31.3 Å². The Labute approximate surface area is 230 Å². The molecular weight excluding hydrogens is 546 g/mol. The molecule has 1 heterocycles. The van der Waals surface area contributed by atoms with Gasteiger partial charge in [-0.2, -0.15) is 0 Å². The van der Waals surface area contributed by atoms with Crippen molar-refractivity contribution in [3.63, 3.8) is 0 Å². The molecule has 0 fully saturated rings. The van der Waals surface area contributed by atoms with Crippen LogP contribution in [0.4, 0.5) is 8.78 Å². The number of pyridine rings is 1. The molecule has 0 spiro atoms. The number of benzene rings is 2. The number of aromatic nitrogens is 1. The summed E-state index contributed by atoms with van der Waals surface area (Å²) in [5, 5.41) is 0. The fourth-order valence-electron chi connectivity index (χ4n) is 3.91. The number of hydrogen-bond donors (Lipinski definition) is 1. The average Bonchev–Trinajstić information content (AvgIpc) is 2.84. The van der Waals surface area contributed by atoms with Gasteiger partial charge in [-0.15, -0.1) is 4.72 Å². The molecule has 0 amide bonds. The molecule has 0 aliphatic carbocycles. The number of sulfone groups is 1. The van der Waals surface area contributed by atoms with E-state index in [0.29, 0.717) is 22.8 Å². The van der Waals surface area contributed by atoms with Gasteiger partial charge in [0.1, 0.15) is 16.4 Å². The van der Waals surface area contributed by atoms with Crippen molar-refractivity contribution in [2.24, 2.45) is 7.05 Å². The van der Waals surface area contributed by atoms with Crippen molar-refractivity contribution < 1.29 is 26.5 Å². The monoisotopic (exact) mass is 578 g/mol. The molecule has 0 unspecified atom stereocenters. The molecule has 2 aromatic carbocycles. The minimum absolute atomic E-state index is 0.0298. The van der Waals surface area contributed by atoms with E-state index in [4.69, 9.17) is 0 Å². The maximum Gasteiger partial charge on any atom is 0.250 e. The van der Waals surface area contributed by atoms with Crippen molar-refractivity contribution in [3.05, 3.63) is 92.9 Å². The molecule has 1 N–H and O–H groups in total. The van der Waals surface area contributed by atoms with Gasteiger partial charge in [0.05, 0.1) is 17.4 Å². The lowest BCUT2D eigenvalue weighted by atomic mass is 9.89. The lowest BCUT2D eigenvalue weighted by Crippen LogP contribution is -2.41. The molecule has 0 saturated carbocycles. The van der Waals surface area contributed by atoms with Crippen LogP contribution >= 0.6 is 0 Å². The van der Waals surface area contributed by atoms with Gasteiger partial charge in [0, 0.05) is 53.6 Å². The van der Waals surface area contributed by atoms with Crippen molar-refractivity contribution in [2.45, 2.75) is 51.2 Å². The van der Waals surface area contributed by atoms with Crippen LogP contribution in [0.3, 0.4) is 0 Å². The summed E-state index contributed by atoms with van der Waals surface area (Å²) in [5.74, 6) is -3.00. The quantitative estimate of drug-likeness (QED) is 0.294. The molecule has 0 bridgehead atoms. The molecule has 1 aromatic heterocycles. The zero-order valence-electron chi connectivity index (χ0n) is 22.7. The van der Waals surface area contributed by atoms with Crippen molar-refractivity contribution in [1.29, 1.82) is 0 Å². The highest BCUT2D eigenvalue weighted by molar-refractivity contribution is 7.91. The SMILES string of the molecule is CCS(=O)(=O)Cc1ccc(C(=O)c2ccc(F)cc2F)c(-c2cn(C)c(=O)cc2[C@H](C)N[S@@+]([O-])C(C)(C)C)c1. The van der Waals surface area contributed by atoms with E-state index < -0.39 is 49.4 Å². The molecule has 3 aromatic rings. The second kappa shape index (κ2) is 11.7. The summed E-state index contributed by atoms with van der Waals surface area (Å²) in [5.41, 5.74) is 0.769. The van der Waals surface area contributed by atoms with E-state index in [1.54, 1.807) is 27.7 Å². The highest BCUT2D eigenvalue weighted by Gasteiger charge is 2.30. The van der Waals surface area contributed by atoms with Crippen LogP contribution in [0, 0.1) is 11.6 Å². The zero-order chi connectivity index (χ0) is 29.3. The van der Waals surface area contributed by atoms with Crippen LogP contribution in [0.1, 0.15) is 67.7 Å². The molecule has 0 radical (unpaired) electrons. The number of carbonyl (C=O) groups is 1.